The normalized spacial score (nSPS) is 11.2. The van der Waals surface area contributed by atoms with Crippen LogP contribution in [0.2, 0.25) is 0 Å². The van der Waals surface area contributed by atoms with Crippen LogP contribution in [-0.4, -0.2) is 21.1 Å². The van der Waals surface area contributed by atoms with Crippen LogP contribution < -0.4 is 4.74 Å². The van der Waals surface area contributed by atoms with Crippen LogP contribution in [0.25, 0.3) is 0 Å². The third-order valence-corrected chi connectivity index (χ3v) is 4.45. The first-order chi connectivity index (χ1) is 12.6. The van der Waals surface area contributed by atoms with Gasteiger partial charge in [0.2, 0.25) is 4.77 Å². The van der Waals surface area contributed by atoms with Crippen LogP contribution in [0, 0.1) is 18.6 Å². The van der Waals surface area contributed by atoms with E-state index in [2.05, 4.69) is 34.4 Å². The molecule has 0 unspecified atom stereocenters. The molecule has 0 fully saturated rings. The molecule has 6 heteroatoms. The number of ether oxygens (including phenoxy) is 1. The highest BCUT2D eigenvalue weighted by Crippen LogP contribution is 2.23. The van der Waals surface area contributed by atoms with E-state index in [0.29, 0.717) is 10.6 Å². The second-order valence-electron chi connectivity index (χ2n) is 6.11. The number of para-hydroxylation sites is 1. The van der Waals surface area contributed by atoms with Gasteiger partial charge in [-0.1, -0.05) is 49.4 Å². The lowest BCUT2D eigenvalue weighted by molar-refractivity contribution is 0.287. The summed E-state index contributed by atoms with van der Waals surface area (Å²) >= 11 is 5.29. The van der Waals surface area contributed by atoms with Gasteiger partial charge in [-0.05, 0) is 54.7 Å². The largest absolute Gasteiger partial charge is 0.485 e. The van der Waals surface area contributed by atoms with Crippen molar-refractivity contribution in [2.24, 2.45) is 5.10 Å². The van der Waals surface area contributed by atoms with Crippen molar-refractivity contribution in [3.05, 3.63) is 75.3 Å². The summed E-state index contributed by atoms with van der Waals surface area (Å²) in [6, 6.07) is 14.3. The zero-order chi connectivity index (χ0) is 18.5. The molecule has 134 valence electrons. The average Bonchev–Trinajstić information content (AvgIpc) is 3.00. The molecule has 0 saturated heterocycles. The Balaban J connectivity index is 1.78. The summed E-state index contributed by atoms with van der Waals surface area (Å²) in [4.78, 5) is 0. The van der Waals surface area contributed by atoms with Gasteiger partial charge in [-0.3, -0.25) is 0 Å². The molecular weight excluding hydrogens is 344 g/mol. The van der Waals surface area contributed by atoms with E-state index in [9.17, 15) is 0 Å². The Morgan fingerprint density at radius 3 is 2.50 bits per heavy atom. The maximum absolute atomic E-state index is 5.97. The van der Waals surface area contributed by atoms with E-state index >= 15 is 0 Å². The van der Waals surface area contributed by atoms with Gasteiger partial charge in [0, 0.05) is 0 Å². The first kappa shape index (κ1) is 18.1. The van der Waals surface area contributed by atoms with Crippen LogP contribution in [-0.2, 0) is 13.0 Å². The van der Waals surface area contributed by atoms with Gasteiger partial charge >= 0.3 is 0 Å². The Morgan fingerprint density at radius 2 is 1.85 bits per heavy atom. The second-order valence-corrected chi connectivity index (χ2v) is 6.49. The van der Waals surface area contributed by atoms with E-state index < -0.39 is 0 Å². The third kappa shape index (κ3) is 4.08. The third-order valence-electron chi connectivity index (χ3n) is 4.18. The molecule has 0 amide bonds. The number of aryl methyl sites for hydroxylation is 3. The van der Waals surface area contributed by atoms with E-state index in [-0.39, 0.29) is 6.61 Å². The predicted octanol–water partition coefficient (Wildman–Crippen LogP) is 4.58. The summed E-state index contributed by atoms with van der Waals surface area (Å²) in [6.45, 7) is 6.47. The summed E-state index contributed by atoms with van der Waals surface area (Å²) in [5, 5.41) is 11.5. The number of benzene rings is 2. The van der Waals surface area contributed by atoms with Crippen molar-refractivity contribution in [1.82, 2.24) is 14.9 Å². The molecule has 2 aromatic carbocycles. The second kappa shape index (κ2) is 8.10. The molecule has 0 aliphatic carbocycles. The summed E-state index contributed by atoms with van der Waals surface area (Å²) in [6.07, 6.45) is 2.79. The minimum Gasteiger partial charge on any atom is -0.485 e. The molecule has 26 heavy (non-hydrogen) atoms. The fraction of sp³-hybridized carbons (Fsp3) is 0.250. The molecule has 1 heterocycles. The molecule has 0 spiro atoms. The number of rotatable bonds is 6. The van der Waals surface area contributed by atoms with Crippen LogP contribution >= 0.6 is 12.2 Å². The van der Waals surface area contributed by atoms with Crippen LogP contribution in [0.3, 0.4) is 0 Å². The van der Waals surface area contributed by atoms with Gasteiger partial charge in [-0.15, -0.1) is 0 Å². The number of H-pyrrole nitrogens is 1. The highest BCUT2D eigenvalue weighted by molar-refractivity contribution is 7.71. The lowest BCUT2D eigenvalue weighted by Gasteiger charge is -2.11. The number of aromatic nitrogens is 3. The quantitative estimate of drug-likeness (QED) is 0.513. The standard InChI is InChI=1S/C20H22N4OS/c1-4-16-8-10-17(11-9-16)12-21-24-18(22-23-20(24)26)13-25-19-14(2)6-5-7-15(19)3/h5-12H,4,13H2,1-3H3,(H,23,26)/b21-12-. The van der Waals surface area contributed by atoms with Crippen molar-refractivity contribution in [3.63, 3.8) is 0 Å². The van der Waals surface area contributed by atoms with E-state index in [4.69, 9.17) is 17.0 Å². The molecule has 0 aliphatic rings. The highest BCUT2D eigenvalue weighted by atomic mass is 32.1. The smallest absolute Gasteiger partial charge is 0.216 e. The Morgan fingerprint density at radius 1 is 1.15 bits per heavy atom. The molecule has 3 aromatic rings. The van der Waals surface area contributed by atoms with E-state index in [1.165, 1.54) is 5.56 Å². The number of hydrogen-bond donors (Lipinski definition) is 1. The molecule has 5 nitrogen and oxygen atoms in total. The van der Waals surface area contributed by atoms with Crippen molar-refractivity contribution in [1.29, 1.82) is 0 Å². The van der Waals surface area contributed by atoms with Gasteiger partial charge in [-0.2, -0.15) is 14.9 Å². The molecule has 0 radical (unpaired) electrons. The molecule has 0 bridgehead atoms. The van der Waals surface area contributed by atoms with Crippen LogP contribution in [0.1, 0.15) is 35.0 Å². The lowest BCUT2D eigenvalue weighted by atomic mass is 10.1. The minimum atomic E-state index is 0.283. The molecule has 0 aliphatic heterocycles. The number of nitrogens with zero attached hydrogens (tertiary/aromatic N) is 3. The molecule has 3 rings (SSSR count). The first-order valence-electron chi connectivity index (χ1n) is 8.57. The summed E-state index contributed by atoms with van der Waals surface area (Å²) in [7, 11) is 0. The molecule has 0 atom stereocenters. The topological polar surface area (TPSA) is 55.2 Å². The van der Waals surface area contributed by atoms with Crippen LogP contribution in [0.5, 0.6) is 5.75 Å². The maximum atomic E-state index is 5.97. The van der Waals surface area contributed by atoms with Gasteiger partial charge in [0.25, 0.3) is 0 Å². The Hall–Kier alpha value is -2.73. The van der Waals surface area contributed by atoms with Crippen molar-refractivity contribution in [3.8, 4) is 5.75 Å². The Labute approximate surface area is 158 Å². The average molecular weight is 366 g/mol. The minimum absolute atomic E-state index is 0.283. The summed E-state index contributed by atoms with van der Waals surface area (Å²) < 4.78 is 8.00. The maximum Gasteiger partial charge on any atom is 0.216 e. The van der Waals surface area contributed by atoms with Crippen molar-refractivity contribution >= 4 is 18.4 Å². The van der Waals surface area contributed by atoms with Crippen molar-refractivity contribution in [2.75, 3.05) is 0 Å². The zero-order valence-corrected chi connectivity index (χ0v) is 16.0. The van der Waals surface area contributed by atoms with Gasteiger partial charge in [-0.25, -0.2) is 5.10 Å². The van der Waals surface area contributed by atoms with Gasteiger partial charge < -0.3 is 4.74 Å². The SMILES string of the molecule is CCc1ccc(/C=N\n2c(COc3c(C)cccc3C)n[nH]c2=S)cc1. The number of nitrogens with one attached hydrogen (secondary N) is 1. The summed E-state index contributed by atoms with van der Waals surface area (Å²) in [5.74, 6) is 1.49. The summed E-state index contributed by atoms with van der Waals surface area (Å²) in [5.41, 5.74) is 4.48. The van der Waals surface area contributed by atoms with Gasteiger partial charge in [0.15, 0.2) is 5.82 Å². The van der Waals surface area contributed by atoms with E-state index in [0.717, 1.165) is 28.9 Å². The Kier molecular flexibility index (Phi) is 5.63. The molecular formula is C20H22N4OS. The lowest BCUT2D eigenvalue weighted by Crippen LogP contribution is -2.05. The molecule has 1 N–H and O–H groups in total. The molecule has 0 saturated carbocycles. The van der Waals surface area contributed by atoms with E-state index in [1.54, 1.807) is 10.9 Å². The number of aromatic amines is 1. The first-order valence-corrected chi connectivity index (χ1v) is 8.98. The Bertz CT molecular complexity index is 950. The van der Waals surface area contributed by atoms with Crippen molar-refractivity contribution in [2.45, 2.75) is 33.8 Å². The predicted molar refractivity (Wildman–Crippen MR) is 106 cm³/mol. The van der Waals surface area contributed by atoms with Crippen molar-refractivity contribution < 1.29 is 4.74 Å². The molecule has 1 aromatic heterocycles. The fourth-order valence-corrected chi connectivity index (χ4v) is 2.86. The van der Waals surface area contributed by atoms with Gasteiger partial charge in [0.05, 0.1) is 6.21 Å². The van der Waals surface area contributed by atoms with Crippen LogP contribution in [0.4, 0.5) is 0 Å². The van der Waals surface area contributed by atoms with Gasteiger partial charge in [0.1, 0.15) is 12.4 Å². The number of hydrogen-bond acceptors (Lipinski definition) is 4. The fourth-order valence-electron chi connectivity index (χ4n) is 2.66. The highest BCUT2D eigenvalue weighted by Gasteiger charge is 2.09. The zero-order valence-electron chi connectivity index (χ0n) is 15.2. The monoisotopic (exact) mass is 366 g/mol. The van der Waals surface area contributed by atoms with E-state index in [1.807, 2.05) is 44.2 Å². The van der Waals surface area contributed by atoms with Crippen LogP contribution in [0.15, 0.2) is 47.6 Å².